The van der Waals surface area contributed by atoms with Crippen molar-refractivity contribution in [1.82, 2.24) is 20.2 Å². The summed E-state index contributed by atoms with van der Waals surface area (Å²) in [6.07, 6.45) is 5.67. The summed E-state index contributed by atoms with van der Waals surface area (Å²) in [4.78, 5) is 11.3. The molecule has 3 heterocycles. The summed E-state index contributed by atoms with van der Waals surface area (Å²) >= 11 is 0. The minimum atomic E-state index is 0. The Bertz CT molecular complexity index is 561. The third-order valence-corrected chi connectivity index (χ3v) is 3.89. The van der Waals surface area contributed by atoms with Crippen LogP contribution in [0.4, 0.5) is 0 Å². The van der Waals surface area contributed by atoms with Crippen LogP contribution in [0.2, 0.25) is 0 Å². The van der Waals surface area contributed by atoms with Crippen molar-refractivity contribution in [3.8, 4) is 0 Å². The summed E-state index contributed by atoms with van der Waals surface area (Å²) in [5.74, 6) is 0. The molecule has 1 N–H and O–H groups in total. The second-order valence-corrected chi connectivity index (χ2v) is 5.24. The Morgan fingerprint density at radius 2 is 2.14 bits per heavy atom. The molecule has 1 aliphatic heterocycles. The molecule has 0 bridgehead atoms. The monoisotopic (exact) mass is 304 g/mol. The molecule has 1 fully saturated rings. The van der Waals surface area contributed by atoms with E-state index in [1.165, 1.54) is 16.8 Å². The molecule has 2 aromatic rings. The topological polar surface area (TPSA) is 41.1 Å². The number of piperazine rings is 1. The first-order chi connectivity index (χ1) is 9.84. The van der Waals surface area contributed by atoms with Gasteiger partial charge in [-0.15, -0.1) is 12.4 Å². The van der Waals surface area contributed by atoms with Gasteiger partial charge in [-0.2, -0.15) is 0 Å². The molecule has 21 heavy (non-hydrogen) atoms. The van der Waals surface area contributed by atoms with Crippen molar-refractivity contribution >= 4 is 12.4 Å². The van der Waals surface area contributed by atoms with Gasteiger partial charge in [0.25, 0.3) is 0 Å². The number of halogens is 1. The summed E-state index contributed by atoms with van der Waals surface area (Å²) < 4.78 is 0. The Kier molecular flexibility index (Phi) is 5.67. The summed E-state index contributed by atoms with van der Waals surface area (Å²) in [7, 11) is 0. The number of hydrogen-bond acceptors (Lipinski definition) is 4. The van der Waals surface area contributed by atoms with Crippen LogP contribution in [0, 0.1) is 6.92 Å². The van der Waals surface area contributed by atoms with E-state index < -0.39 is 0 Å². The minimum absolute atomic E-state index is 0. The normalized spacial score (nSPS) is 19.0. The summed E-state index contributed by atoms with van der Waals surface area (Å²) in [5.41, 5.74) is 3.70. The van der Waals surface area contributed by atoms with Crippen molar-refractivity contribution in [3.63, 3.8) is 0 Å². The fourth-order valence-electron chi connectivity index (χ4n) is 2.71. The van der Waals surface area contributed by atoms with Gasteiger partial charge in [0.15, 0.2) is 0 Å². The van der Waals surface area contributed by atoms with Crippen LogP contribution in [0.5, 0.6) is 0 Å². The number of aromatic nitrogens is 2. The smallest absolute Gasteiger partial charge is 0.0573 e. The van der Waals surface area contributed by atoms with Gasteiger partial charge in [0.2, 0.25) is 0 Å². The number of aryl methyl sites for hydroxylation is 1. The van der Waals surface area contributed by atoms with E-state index >= 15 is 0 Å². The number of hydrogen-bond donors (Lipinski definition) is 1. The predicted octanol–water partition coefficient (Wildman–Crippen LogP) is 2.35. The maximum atomic E-state index is 4.52. The lowest BCUT2D eigenvalue weighted by Gasteiger charge is -2.36. The molecule has 112 valence electrons. The number of pyridine rings is 2. The SMILES string of the molecule is Cc1cccnc1CN1CCNCC1c1cccnc1.Cl. The predicted molar refractivity (Wildman–Crippen MR) is 86.5 cm³/mol. The average molecular weight is 305 g/mol. The lowest BCUT2D eigenvalue weighted by Crippen LogP contribution is -2.45. The third kappa shape index (κ3) is 3.79. The molecule has 1 unspecified atom stereocenters. The van der Waals surface area contributed by atoms with Gasteiger partial charge < -0.3 is 5.32 Å². The van der Waals surface area contributed by atoms with Crippen molar-refractivity contribution in [2.24, 2.45) is 0 Å². The van der Waals surface area contributed by atoms with Gasteiger partial charge in [0.05, 0.1) is 5.69 Å². The quantitative estimate of drug-likeness (QED) is 0.945. The molecule has 0 spiro atoms. The highest BCUT2D eigenvalue weighted by Crippen LogP contribution is 2.23. The van der Waals surface area contributed by atoms with Crippen LogP contribution in [-0.4, -0.2) is 34.5 Å². The molecule has 0 saturated carbocycles. The molecule has 1 saturated heterocycles. The Balaban J connectivity index is 0.00000161. The Hall–Kier alpha value is -1.49. The Morgan fingerprint density at radius 1 is 1.29 bits per heavy atom. The maximum absolute atomic E-state index is 4.52. The van der Waals surface area contributed by atoms with Gasteiger partial charge in [-0.05, 0) is 30.2 Å². The highest BCUT2D eigenvalue weighted by Gasteiger charge is 2.24. The van der Waals surface area contributed by atoms with Gasteiger partial charge in [-0.25, -0.2) is 0 Å². The zero-order chi connectivity index (χ0) is 13.8. The van der Waals surface area contributed by atoms with E-state index in [-0.39, 0.29) is 12.4 Å². The fourth-order valence-corrected chi connectivity index (χ4v) is 2.71. The van der Waals surface area contributed by atoms with Gasteiger partial charge in [0, 0.05) is 50.8 Å². The third-order valence-electron chi connectivity index (χ3n) is 3.89. The number of nitrogens with one attached hydrogen (secondary N) is 1. The van der Waals surface area contributed by atoms with E-state index in [1.807, 2.05) is 30.7 Å². The molecule has 5 heteroatoms. The molecule has 0 aliphatic carbocycles. The molecular formula is C16H21ClN4. The lowest BCUT2D eigenvalue weighted by molar-refractivity contribution is 0.151. The van der Waals surface area contributed by atoms with E-state index in [1.54, 1.807) is 0 Å². The number of rotatable bonds is 3. The zero-order valence-electron chi connectivity index (χ0n) is 12.2. The summed E-state index contributed by atoms with van der Waals surface area (Å²) in [5, 5.41) is 3.47. The van der Waals surface area contributed by atoms with E-state index in [0.29, 0.717) is 6.04 Å². The van der Waals surface area contributed by atoms with Crippen molar-refractivity contribution < 1.29 is 0 Å². The molecule has 1 atom stereocenters. The van der Waals surface area contributed by atoms with Crippen LogP contribution in [0.15, 0.2) is 42.9 Å². The van der Waals surface area contributed by atoms with Crippen molar-refractivity contribution in [1.29, 1.82) is 0 Å². The maximum Gasteiger partial charge on any atom is 0.0573 e. The van der Waals surface area contributed by atoms with Crippen LogP contribution in [0.1, 0.15) is 22.9 Å². The Morgan fingerprint density at radius 3 is 2.90 bits per heavy atom. The molecule has 0 aromatic carbocycles. The lowest BCUT2D eigenvalue weighted by atomic mass is 10.0. The van der Waals surface area contributed by atoms with E-state index in [9.17, 15) is 0 Å². The van der Waals surface area contributed by atoms with Gasteiger partial charge in [-0.3, -0.25) is 14.9 Å². The van der Waals surface area contributed by atoms with E-state index in [2.05, 4.69) is 39.2 Å². The largest absolute Gasteiger partial charge is 0.314 e. The molecule has 1 aliphatic rings. The first-order valence-electron chi connectivity index (χ1n) is 7.10. The highest BCUT2D eigenvalue weighted by atomic mass is 35.5. The van der Waals surface area contributed by atoms with Crippen LogP contribution >= 0.6 is 12.4 Å². The van der Waals surface area contributed by atoms with Crippen LogP contribution in [0.25, 0.3) is 0 Å². The van der Waals surface area contributed by atoms with Crippen LogP contribution in [-0.2, 0) is 6.54 Å². The standard InChI is InChI=1S/C16H20N4.ClH/c1-13-4-2-7-19-15(13)12-20-9-8-18-11-16(20)14-5-3-6-17-10-14;/h2-7,10,16,18H,8-9,11-12H2,1H3;1H. The number of nitrogens with zero attached hydrogens (tertiary/aromatic N) is 3. The molecule has 0 radical (unpaired) electrons. The second kappa shape index (κ2) is 7.50. The fraction of sp³-hybridized carbons (Fsp3) is 0.375. The second-order valence-electron chi connectivity index (χ2n) is 5.24. The van der Waals surface area contributed by atoms with Crippen molar-refractivity contribution in [2.45, 2.75) is 19.5 Å². The first-order valence-corrected chi connectivity index (χ1v) is 7.10. The molecule has 4 nitrogen and oxygen atoms in total. The average Bonchev–Trinajstić information content (AvgIpc) is 2.51. The van der Waals surface area contributed by atoms with Crippen molar-refractivity contribution in [3.05, 3.63) is 59.7 Å². The molecular weight excluding hydrogens is 284 g/mol. The first kappa shape index (κ1) is 15.9. The summed E-state index contributed by atoms with van der Waals surface area (Å²) in [6.45, 7) is 6.06. The minimum Gasteiger partial charge on any atom is -0.314 e. The van der Waals surface area contributed by atoms with Gasteiger partial charge >= 0.3 is 0 Å². The molecule has 0 amide bonds. The van der Waals surface area contributed by atoms with Crippen LogP contribution < -0.4 is 5.32 Å². The van der Waals surface area contributed by atoms with Crippen LogP contribution in [0.3, 0.4) is 0 Å². The molecule has 3 rings (SSSR count). The Labute approximate surface area is 132 Å². The van der Waals surface area contributed by atoms with Gasteiger partial charge in [-0.1, -0.05) is 12.1 Å². The molecule has 2 aromatic heterocycles. The highest BCUT2D eigenvalue weighted by molar-refractivity contribution is 5.85. The van der Waals surface area contributed by atoms with Crippen molar-refractivity contribution in [2.75, 3.05) is 19.6 Å². The zero-order valence-corrected chi connectivity index (χ0v) is 13.0. The summed E-state index contributed by atoms with van der Waals surface area (Å²) in [6, 6.07) is 8.66. The van der Waals surface area contributed by atoms with E-state index in [0.717, 1.165) is 26.2 Å². The van der Waals surface area contributed by atoms with Gasteiger partial charge in [0.1, 0.15) is 0 Å². The van der Waals surface area contributed by atoms with E-state index in [4.69, 9.17) is 0 Å².